The topological polar surface area (TPSA) is 15.6 Å². The summed E-state index contributed by atoms with van der Waals surface area (Å²) in [5, 5.41) is 5.88. The third kappa shape index (κ3) is 1.76. The molecular weight excluding hydrogens is 212 g/mol. The standard InChI is InChI=1S/C10H10N2S2/c13-10(14)12-9(6-7-11-12)8-4-2-1-3-5-8/h1-5,7,9H,6H2,(H,13,14)/p-1/t9-/m1/s1. The lowest BCUT2D eigenvalue weighted by Gasteiger charge is -2.27. The Morgan fingerprint density at radius 3 is 2.79 bits per heavy atom. The average Bonchev–Trinajstić information content (AvgIpc) is 2.67. The van der Waals surface area contributed by atoms with E-state index < -0.39 is 0 Å². The first-order valence-electron chi connectivity index (χ1n) is 4.36. The van der Waals surface area contributed by atoms with Gasteiger partial charge in [-0.15, -0.1) is 0 Å². The molecule has 2 nitrogen and oxygen atoms in total. The van der Waals surface area contributed by atoms with Gasteiger partial charge in [0.25, 0.3) is 0 Å². The lowest BCUT2D eigenvalue weighted by atomic mass is 10.1. The van der Waals surface area contributed by atoms with Crippen LogP contribution in [-0.4, -0.2) is 15.5 Å². The van der Waals surface area contributed by atoms with Gasteiger partial charge in [-0.2, -0.15) is 5.10 Å². The zero-order chi connectivity index (χ0) is 9.97. The summed E-state index contributed by atoms with van der Waals surface area (Å²) in [7, 11) is 0. The maximum absolute atomic E-state index is 4.96. The molecule has 0 aliphatic carbocycles. The van der Waals surface area contributed by atoms with E-state index in [4.69, 9.17) is 24.8 Å². The maximum atomic E-state index is 4.96. The second-order valence-electron chi connectivity index (χ2n) is 3.07. The molecular formula is C10H9N2S2-. The summed E-state index contributed by atoms with van der Waals surface area (Å²) < 4.78 is 0.410. The summed E-state index contributed by atoms with van der Waals surface area (Å²) in [6.07, 6.45) is 2.73. The predicted molar refractivity (Wildman–Crippen MR) is 64.1 cm³/mol. The van der Waals surface area contributed by atoms with Crippen molar-refractivity contribution in [1.82, 2.24) is 5.01 Å². The van der Waals surface area contributed by atoms with Gasteiger partial charge in [-0.25, -0.2) is 0 Å². The average molecular weight is 221 g/mol. The molecule has 0 N–H and O–H groups in total. The van der Waals surface area contributed by atoms with Crippen molar-refractivity contribution in [2.45, 2.75) is 12.5 Å². The normalized spacial score (nSPS) is 20.0. The molecule has 1 aromatic rings. The summed E-state index contributed by atoms with van der Waals surface area (Å²) in [5.74, 6) is 0. The van der Waals surface area contributed by atoms with Crippen LogP contribution in [0.1, 0.15) is 18.0 Å². The third-order valence-electron chi connectivity index (χ3n) is 2.20. The van der Waals surface area contributed by atoms with E-state index >= 15 is 0 Å². The van der Waals surface area contributed by atoms with Crippen LogP contribution in [0.25, 0.3) is 0 Å². The molecule has 0 fully saturated rings. The number of benzene rings is 1. The third-order valence-corrected chi connectivity index (χ3v) is 2.58. The largest absolute Gasteiger partial charge is 0.409 e. The van der Waals surface area contributed by atoms with Crippen LogP contribution in [0.2, 0.25) is 0 Å². The van der Waals surface area contributed by atoms with Gasteiger partial charge in [0.1, 0.15) is 0 Å². The smallest absolute Gasteiger partial charge is 0.0806 e. The summed E-state index contributed by atoms with van der Waals surface area (Å²) in [5.41, 5.74) is 1.21. The Balaban J connectivity index is 2.24. The second-order valence-corrected chi connectivity index (χ2v) is 4.10. The minimum atomic E-state index is 0.196. The van der Waals surface area contributed by atoms with Crippen LogP contribution in [-0.2, 0) is 12.6 Å². The highest BCUT2D eigenvalue weighted by molar-refractivity contribution is 8.00. The Kier molecular flexibility index (Phi) is 2.74. The zero-order valence-corrected chi connectivity index (χ0v) is 9.09. The van der Waals surface area contributed by atoms with Crippen LogP contribution < -0.4 is 0 Å². The highest BCUT2D eigenvalue weighted by Crippen LogP contribution is 2.27. The van der Waals surface area contributed by atoms with Crippen molar-refractivity contribution in [3.63, 3.8) is 0 Å². The van der Waals surface area contributed by atoms with E-state index in [-0.39, 0.29) is 6.04 Å². The number of nitrogens with zero attached hydrogens (tertiary/aromatic N) is 2. The Morgan fingerprint density at radius 2 is 2.14 bits per heavy atom. The molecule has 1 atom stereocenters. The molecule has 0 bridgehead atoms. The van der Waals surface area contributed by atoms with Crippen LogP contribution in [0.15, 0.2) is 35.4 Å². The molecule has 0 amide bonds. The van der Waals surface area contributed by atoms with Crippen LogP contribution in [0, 0.1) is 0 Å². The molecule has 2 rings (SSSR count). The summed E-state index contributed by atoms with van der Waals surface area (Å²) >= 11 is 9.92. The summed E-state index contributed by atoms with van der Waals surface area (Å²) in [6, 6.07) is 10.4. The van der Waals surface area contributed by atoms with E-state index in [0.29, 0.717) is 4.32 Å². The molecule has 1 aliphatic rings. The number of hydrazone groups is 1. The fourth-order valence-electron chi connectivity index (χ4n) is 1.54. The molecule has 14 heavy (non-hydrogen) atoms. The minimum absolute atomic E-state index is 0.196. The second kappa shape index (κ2) is 4.02. The highest BCUT2D eigenvalue weighted by Gasteiger charge is 2.20. The first kappa shape index (κ1) is 9.55. The molecule has 1 aromatic carbocycles. The van der Waals surface area contributed by atoms with Gasteiger partial charge in [0, 0.05) is 12.6 Å². The van der Waals surface area contributed by atoms with Crippen molar-refractivity contribution < 1.29 is 0 Å². The Labute approximate surface area is 94.0 Å². The first-order chi connectivity index (χ1) is 6.79. The number of thiocarbonyl (C=S) groups is 1. The minimum Gasteiger partial charge on any atom is -0.409 e. The molecule has 4 heteroatoms. The number of hydrogen-bond donors (Lipinski definition) is 0. The van der Waals surface area contributed by atoms with E-state index in [1.807, 2.05) is 24.4 Å². The van der Waals surface area contributed by atoms with Crippen LogP contribution in [0.4, 0.5) is 0 Å². The Hall–Kier alpha value is -1.00. The van der Waals surface area contributed by atoms with Crippen molar-refractivity contribution in [2.24, 2.45) is 5.10 Å². The van der Waals surface area contributed by atoms with Gasteiger partial charge in [0.2, 0.25) is 0 Å². The number of hydrogen-bond acceptors (Lipinski definition) is 3. The van der Waals surface area contributed by atoms with E-state index in [0.717, 1.165) is 6.42 Å². The van der Waals surface area contributed by atoms with Gasteiger partial charge in [-0.3, -0.25) is 5.01 Å². The van der Waals surface area contributed by atoms with E-state index in [1.54, 1.807) is 5.01 Å². The molecule has 1 heterocycles. The van der Waals surface area contributed by atoms with Crippen LogP contribution in [0.5, 0.6) is 0 Å². The van der Waals surface area contributed by atoms with Gasteiger partial charge >= 0.3 is 0 Å². The van der Waals surface area contributed by atoms with E-state index in [9.17, 15) is 0 Å². The summed E-state index contributed by atoms with van der Waals surface area (Å²) in [6.45, 7) is 0. The molecule has 0 saturated carbocycles. The monoisotopic (exact) mass is 221 g/mol. The van der Waals surface area contributed by atoms with Gasteiger partial charge in [0.15, 0.2) is 0 Å². The van der Waals surface area contributed by atoms with Crippen molar-refractivity contribution in [3.05, 3.63) is 35.9 Å². The number of rotatable bonds is 1. The van der Waals surface area contributed by atoms with Crippen LogP contribution >= 0.6 is 12.2 Å². The molecule has 0 spiro atoms. The Morgan fingerprint density at radius 1 is 1.43 bits per heavy atom. The van der Waals surface area contributed by atoms with Gasteiger partial charge in [-0.1, -0.05) is 30.3 Å². The predicted octanol–water partition coefficient (Wildman–Crippen LogP) is 2.25. The summed E-state index contributed by atoms with van der Waals surface area (Å²) in [4.78, 5) is 0. The van der Waals surface area contributed by atoms with E-state index in [1.165, 1.54) is 5.56 Å². The lowest BCUT2D eigenvalue weighted by molar-refractivity contribution is 0.383. The molecule has 0 saturated heterocycles. The van der Waals surface area contributed by atoms with Crippen molar-refractivity contribution in [1.29, 1.82) is 0 Å². The van der Waals surface area contributed by atoms with Gasteiger partial charge < -0.3 is 24.8 Å². The van der Waals surface area contributed by atoms with Crippen molar-refractivity contribution in [3.8, 4) is 0 Å². The van der Waals surface area contributed by atoms with Crippen molar-refractivity contribution >= 4 is 35.4 Å². The van der Waals surface area contributed by atoms with Crippen molar-refractivity contribution in [2.75, 3.05) is 0 Å². The molecule has 72 valence electrons. The first-order valence-corrected chi connectivity index (χ1v) is 5.18. The molecule has 1 aliphatic heterocycles. The molecule has 0 aromatic heterocycles. The van der Waals surface area contributed by atoms with Crippen LogP contribution in [0.3, 0.4) is 0 Å². The zero-order valence-electron chi connectivity index (χ0n) is 7.46. The van der Waals surface area contributed by atoms with Gasteiger partial charge in [0.05, 0.1) is 6.04 Å². The Bertz CT molecular complexity index is 362. The maximum Gasteiger partial charge on any atom is 0.0806 e. The fourth-order valence-corrected chi connectivity index (χ4v) is 1.89. The fraction of sp³-hybridized carbons (Fsp3) is 0.200. The van der Waals surface area contributed by atoms with Gasteiger partial charge in [-0.05, 0) is 9.88 Å². The highest BCUT2D eigenvalue weighted by atomic mass is 32.1. The molecule has 0 radical (unpaired) electrons. The SMILES string of the molecule is S=C([S-])N1N=CC[C@@H]1c1ccccc1. The lowest BCUT2D eigenvalue weighted by Crippen LogP contribution is -2.23. The van der Waals surface area contributed by atoms with E-state index in [2.05, 4.69) is 17.2 Å². The quantitative estimate of drug-likeness (QED) is 0.534. The molecule has 0 unspecified atom stereocenters.